The lowest BCUT2D eigenvalue weighted by Crippen LogP contribution is -2.35. The first-order valence-corrected chi connectivity index (χ1v) is 8.32. The molecule has 1 atom stereocenters. The maximum atomic E-state index is 3.67. The number of rotatable bonds is 4. The fourth-order valence-electron chi connectivity index (χ4n) is 4.48. The van der Waals surface area contributed by atoms with Gasteiger partial charge in [-0.25, -0.2) is 0 Å². The van der Waals surface area contributed by atoms with Gasteiger partial charge in [0, 0.05) is 12.6 Å². The summed E-state index contributed by atoms with van der Waals surface area (Å²) in [6, 6.07) is 0.835. The summed E-state index contributed by atoms with van der Waals surface area (Å²) in [5.41, 5.74) is 0.767. The van der Waals surface area contributed by atoms with E-state index in [0.717, 1.165) is 11.5 Å². The van der Waals surface area contributed by atoms with Gasteiger partial charge in [0.1, 0.15) is 0 Å². The zero-order chi connectivity index (χ0) is 12.3. The van der Waals surface area contributed by atoms with Crippen LogP contribution in [0.4, 0.5) is 0 Å². The van der Waals surface area contributed by atoms with Crippen LogP contribution in [0.25, 0.3) is 0 Å². The minimum absolute atomic E-state index is 0.767. The zero-order valence-corrected chi connectivity index (χ0v) is 11.9. The SMILES string of the molecule is C1CCC(CCCN2CCC3(CCCC3)C2)NC1. The Labute approximate surface area is 113 Å². The van der Waals surface area contributed by atoms with Gasteiger partial charge in [0.15, 0.2) is 0 Å². The fourth-order valence-corrected chi connectivity index (χ4v) is 4.48. The molecule has 2 nitrogen and oxygen atoms in total. The molecule has 0 aromatic heterocycles. The minimum Gasteiger partial charge on any atom is -0.314 e. The van der Waals surface area contributed by atoms with Crippen molar-refractivity contribution in [2.45, 2.75) is 70.3 Å². The molecule has 3 rings (SSSR count). The van der Waals surface area contributed by atoms with E-state index in [-0.39, 0.29) is 0 Å². The molecule has 18 heavy (non-hydrogen) atoms. The highest BCUT2D eigenvalue weighted by atomic mass is 15.2. The van der Waals surface area contributed by atoms with E-state index in [1.54, 1.807) is 0 Å². The molecular weight excluding hydrogens is 220 g/mol. The monoisotopic (exact) mass is 250 g/mol. The Hall–Kier alpha value is -0.0800. The second kappa shape index (κ2) is 5.92. The lowest BCUT2D eigenvalue weighted by atomic mass is 9.86. The highest BCUT2D eigenvalue weighted by Crippen LogP contribution is 2.45. The van der Waals surface area contributed by atoms with Crippen molar-refractivity contribution in [2.24, 2.45) is 5.41 Å². The van der Waals surface area contributed by atoms with E-state index >= 15 is 0 Å². The molecule has 0 radical (unpaired) electrons. The van der Waals surface area contributed by atoms with Gasteiger partial charge in [0.2, 0.25) is 0 Å². The number of hydrogen-bond donors (Lipinski definition) is 1. The van der Waals surface area contributed by atoms with Crippen molar-refractivity contribution in [3.8, 4) is 0 Å². The molecule has 0 aromatic rings. The molecule has 104 valence electrons. The summed E-state index contributed by atoms with van der Waals surface area (Å²) in [6.45, 7) is 5.43. The molecule has 1 saturated carbocycles. The van der Waals surface area contributed by atoms with Crippen molar-refractivity contribution < 1.29 is 0 Å². The molecule has 0 amide bonds. The van der Waals surface area contributed by atoms with Gasteiger partial charge in [-0.2, -0.15) is 0 Å². The van der Waals surface area contributed by atoms with E-state index in [1.807, 2.05) is 0 Å². The molecule has 1 spiro atoms. The largest absolute Gasteiger partial charge is 0.314 e. The Morgan fingerprint density at radius 3 is 2.72 bits per heavy atom. The number of hydrogen-bond acceptors (Lipinski definition) is 2. The van der Waals surface area contributed by atoms with Gasteiger partial charge in [0.25, 0.3) is 0 Å². The Kier molecular flexibility index (Phi) is 4.25. The Bertz CT molecular complexity index is 252. The van der Waals surface area contributed by atoms with Crippen LogP contribution in [0, 0.1) is 5.41 Å². The molecule has 1 N–H and O–H groups in total. The van der Waals surface area contributed by atoms with Crippen LogP contribution in [0.15, 0.2) is 0 Å². The van der Waals surface area contributed by atoms with E-state index in [1.165, 1.54) is 90.4 Å². The molecule has 2 aliphatic heterocycles. The average molecular weight is 250 g/mol. The van der Waals surface area contributed by atoms with Gasteiger partial charge in [-0.3, -0.25) is 0 Å². The third-order valence-corrected chi connectivity index (χ3v) is 5.62. The second-order valence-electron chi connectivity index (χ2n) is 7.02. The number of nitrogens with one attached hydrogen (secondary N) is 1. The molecule has 3 aliphatic rings. The van der Waals surface area contributed by atoms with E-state index < -0.39 is 0 Å². The van der Waals surface area contributed by atoms with Gasteiger partial charge in [0.05, 0.1) is 0 Å². The van der Waals surface area contributed by atoms with Gasteiger partial charge >= 0.3 is 0 Å². The highest BCUT2D eigenvalue weighted by molar-refractivity contribution is 4.93. The molecule has 3 fully saturated rings. The molecule has 0 aromatic carbocycles. The molecule has 2 saturated heterocycles. The van der Waals surface area contributed by atoms with Crippen molar-refractivity contribution in [1.29, 1.82) is 0 Å². The quantitative estimate of drug-likeness (QED) is 0.824. The highest BCUT2D eigenvalue weighted by Gasteiger charge is 2.39. The predicted octanol–water partition coefficient (Wildman–Crippen LogP) is 3.17. The summed E-state index contributed by atoms with van der Waals surface area (Å²) in [4.78, 5) is 2.76. The van der Waals surface area contributed by atoms with Crippen LogP contribution in [-0.4, -0.2) is 37.1 Å². The van der Waals surface area contributed by atoms with E-state index in [0.29, 0.717) is 0 Å². The summed E-state index contributed by atoms with van der Waals surface area (Å²) < 4.78 is 0. The summed E-state index contributed by atoms with van der Waals surface area (Å²) >= 11 is 0. The third-order valence-electron chi connectivity index (χ3n) is 5.62. The molecule has 2 heterocycles. The summed E-state index contributed by atoms with van der Waals surface area (Å²) in [7, 11) is 0. The Morgan fingerprint density at radius 2 is 1.94 bits per heavy atom. The van der Waals surface area contributed by atoms with Crippen LogP contribution >= 0.6 is 0 Å². The molecule has 1 aliphatic carbocycles. The van der Waals surface area contributed by atoms with Gasteiger partial charge in [-0.05, 0) is 70.0 Å². The van der Waals surface area contributed by atoms with Crippen molar-refractivity contribution in [2.75, 3.05) is 26.2 Å². The summed E-state index contributed by atoms with van der Waals surface area (Å²) in [5.74, 6) is 0. The maximum absolute atomic E-state index is 3.67. The molecule has 1 unspecified atom stereocenters. The number of nitrogens with zero attached hydrogens (tertiary/aromatic N) is 1. The van der Waals surface area contributed by atoms with E-state index in [2.05, 4.69) is 10.2 Å². The van der Waals surface area contributed by atoms with Crippen molar-refractivity contribution >= 4 is 0 Å². The summed E-state index contributed by atoms with van der Waals surface area (Å²) in [5, 5.41) is 3.67. The number of piperidine rings is 1. The Balaban J connectivity index is 1.34. The topological polar surface area (TPSA) is 15.3 Å². The van der Waals surface area contributed by atoms with Crippen LogP contribution in [0.3, 0.4) is 0 Å². The Morgan fingerprint density at radius 1 is 1.06 bits per heavy atom. The lowest BCUT2D eigenvalue weighted by molar-refractivity contribution is 0.251. The summed E-state index contributed by atoms with van der Waals surface area (Å²) in [6.07, 6.45) is 14.6. The van der Waals surface area contributed by atoms with Crippen LogP contribution < -0.4 is 5.32 Å². The first-order chi connectivity index (χ1) is 8.86. The maximum Gasteiger partial charge on any atom is 0.00675 e. The molecular formula is C16H30N2. The fraction of sp³-hybridized carbons (Fsp3) is 1.00. The number of likely N-dealkylation sites (tertiary alicyclic amines) is 1. The first-order valence-electron chi connectivity index (χ1n) is 8.32. The lowest BCUT2D eigenvalue weighted by Gasteiger charge is -2.26. The molecule has 2 heteroatoms. The standard InChI is InChI=1S/C16H30N2/c1-4-11-17-15(6-1)7-5-12-18-13-10-16(14-18)8-2-3-9-16/h15,17H,1-14H2. The van der Waals surface area contributed by atoms with Crippen molar-refractivity contribution in [3.05, 3.63) is 0 Å². The van der Waals surface area contributed by atoms with Crippen LogP contribution in [-0.2, 0) is 0 Å². The predicted molar refractivity (Wildman–Crippen MR) is 76.8 cm³/mol. The smallest absolute Gasteiger partial charge is 0.00675 e. The van der Waals surface area contributed by atoms with Crippen LogP contribution in [0.1, 0.15) is 64.2 Å². The van der Waals surface area contributed by atoms with Gasteiger partial charge < -0.3 is 10.2 Å². The van der Waals surface area contributed by atoms with Crippen molar-refractivity contribution in [1.82, 2.24) is 10.2 Å². The van der Waals surface area contributed by atoms with Gasteiger partial charge in [-0.15, -0.1) is 0 Å². The third kappa shape index (κ3) is 3.08. The van der Waals surface area contributed by atoms with Crippen molar-refractivity contribution in [3.63, 3.8) is 0 Å². The zero-order valence-electron chi connectivity index (χ0n) is 11.9. The van der Waals surface area contributed by atoms with E-state index in [9.17, 15) is 0 Å². The van der Waals surface area contributed by atoms with Crippen LogP contribution in [0.2, 0.25) is 0 Å². The van der Waals surface area contributed by atoms with E-state index in [4.69, 9.17) is 0 Å². The molecule has 0 bridgehead atoms. The average Bonchev–Trinajstić information content (AvgIpc) is 3.02. The normalized spacial score (nSPS) is 32.3. The first kappa shape index (κ1) is 12.9. The van der Waals surface area contributed by atoms with Crippen LogP contribution in [0.5, 0.6) is 0 Å². The minimum atomic E-state index is 0.767. The second-order valence-corrected chi connectivity index (χ2v) is 7.02. The van der Waals surface area contributed by atoms with Gasteiger partial charge in [-0.1, -0.05) is 19.3 Å².